The van der Waals surface area contributed by atoms with Gasteiger partial charge in [-0.25, -0.2) is 0 Å². The fraction of sp³-hybridized carbons (Fsp3) is 0.0435. The number of anilines is 1. The van der Waals surface area contributed by atoms with E-state index in [2.05, 4.69) is 10.3 Å². The van der Waals surface area contributed by atoms with Crippen LogP contribution in [0.5, 0.6) is 0 Å². The van der Waals surface area contributed by atoms with Crippen molar-refractivity contribution in [3.8, 4) is 11.1 Å². The molecule has 0 fully saturated rings. The molecule has 0 unspecified atom stereocenters. The lowest BCUT2D eigenvalue weighted by atomic mass is 9.94. The Hall–Kier alpha value is -2.88. The Morgan fingerprint density at radius 1 is 0.893 bits per heavy atom. The molecular weight excluding hydrogens is 391 g/mol. The molecule has 28 heavy (non-hydrogen) atoms. The van der Waals surface area contributed by atoms with Crippen molar-refractivity contribution in [1.29, 1.82) is 0 Å². The molecule has 0 aliphatic heterocycles. The number of hydrogen-bond acceptors (Lipinski definition) is 2. The number of carbonyl (C=O) groups excluding carboxylic acids is 1. The van der Waals surface area contributed by atoms with Crippen LogP contribution in [0.3, 0.4) is 0 Å². The summed E-state index contributed by atoms with van der Waals surface area (Å²) in [5.41, 5.74) is 4.39. The van der Waals surface area contributed by atoms with Crippen molar-refractivity contribution in [2.75, 3.05) is 5.32 Å². The minimum Gasteiger partial charge on any atom is -0.322 e. The lowest BCUT2D eigenvalue weighted by Gasteiger charge is -2.16. The molecular formula is C23H16Cl2N2O. The Morgan fingerprint density at radius 3 is 2.29 bits per heavy atom. The first kappa shape index (κ1) is 18.5. The lowest BCUT2D eigenvalue weighted by Crippen LogP contribution is -2.16. The van der Waals surface area contributed by atoms with Gasteiger partial charge in [0.2, 0.25) is 0 Å². The van der Waals surface area contributed by atoms with Crippen LogP contribution in [-0.4, -0.2) is 10.9 Å². The first-order valence-electron chi connectivity index (χ1n) is 8.75. The van der Waals surface area contributed by atoms with Crippen molar-refractivity contribution in [3.05, 3.63) is 94.1 Å². The Kier molecular flexibility index (Phi) is 5.03. The predicted molar refractivity (Wildman–Crippen MR) is 116 cm³/mol. The van der Waals surface area contributed by atoms with Crippen LogP contribution in [0.1, 0.15) is 16.1 Å². The summed E-state index contributed by atoms with van der Waals surface area (Å²) in [4.78, 5) is 17.9. The van der Waals surface area contributed by atoms with E-state index in [1.54, 1.807) is 30.3 Å². The molecule has 1 N–H and O–H groups in total. The van der Waals surface area contributed by atoms with Gasteiger partial charge in [0.1, 0.15) is 0 Å². The van der Waals surface area contributed by atoms with Crippen LogP contribution in [0.25, 0.3) is 22.0 Å². The van der Waals surface area contributed by atoms with Gasteiger partial charge >= 0.3 is 0 Å². The molecule has 4 rings (SSSR count). The van der Waals surface area contributed by atoms with Gasteiger partial charge in [0, 0.05) is 26.7 Å². The lowest BCUT2D eigenvalue weighted by molar-refractivity contribution is 0.102. The zero-order valence-corrected chi connectivity index (χ0v) is 16.6. The predicted octanol–water partition coefficient (Wildman–Crippen LogP) is 6.77. The van der Waals surface area contributed by atoms with E-state index in [4.69, 9.17) is 23.2 Å². The summed E-state index contributed by atoms with van der Waals surface area (Å²) in [7, 11) is 0. The first-order valence-corrected chi connectivity index (χ1v) is 9.51. The number of benzene rings is 3. The summed E-state index contributed by atoms with van der Waals surface area (Å²) in [5, 5.41) is 4.99. The van der Waals surface area contributed by atoms with E-state index in [0.717, 1.165) is 22.0 Å². The maximum Gasteiger partial charge on any atom is 0.258 e. The molecule has 1 heterocycles. The van der Waals surface area contributed by atoms with Gasteiger partial charge in [0.15, 0.2) is 0 Å². The fourth-order valence-electron chi connectivity index (χ4n) is 3.27. The van der Waals surface area contributed by atoms with Crippen molar-refractivity contribution in [2.45, 2.75) is 6.92 Å². The van der Waals surface area contributed by atoms with Gasteiger partial charge in [0.25, 0.3) is 5.91 Å². The van der Waals surface area contributed by atoms with Crippen LogP contribution >= 0.6 is 23.2 Å². The third-order valence-electron chi connectivity index (χ3n) is 4.52. The van der Waals surface area contributed by atoms with Gasteiger partial charge in [-0.2, -0.15) is 0 Å². The second-order valence-corrected chi connectivity index (χ2v) is 7.31. The molecule has 0 saturated heterocycles. The highest BCUT2D eigenvalue weighted by atomic mass is 35.5. The number of amides is 1. The average molecular weight is 407 g/mol. The number of carbonyl (C=O) groups is 1. The summed E-state index contributed by atoms with van der Waals surface area (Å²) in [6.07, 6.45) is 0. The molecule has 1 amide bonds. The minimum atomic E-state index is -0.229. The molecule has 0 saturated carbocycles. The van der Waals surface area contributed by atoms with Crippen molar-refractivity contribution in [1.82, 2.24) is 4.98 Å². The summed E-state index contributed by atoms with van der Waals surface area (Å²) in [6.45, 7) is 1.84. The number of hydrogen-bond donors (Lipinski definition) is 1. The molecule has 138 valence electrons. The van der Waals surface area contributed by atoms with Crippen LogP contribution in [0.2, 0.25) is 10.0 Å². The maximum absolute atomic E-state index is 13.2. The Balaban J connectivity index is 1.92. The van der Waals surface area contributed by atoms with Crippen LogP contribution in [-0.2, 0) is 0 Å². The molecule has 0 bridgehead atoms. The summed E-state index contributed by atoms with van der Waals surface area (Å²) in [5.74, 6) is -0.229. The first-order chi connectivity index (χ1) is 13.5. The van der Waals surface area contributed by atoms with Crippen LogP contribution in [0.4, 0.5) is 5.69 Å². The Labute approximate surface area is 172 Å². The number of nitrogens with one attached hydrogen (secondary N) is 1. The number of rotatable bonds is 3. The Bertz CT molecular complexity index is 1170. The molecule has 3 nitrogen and oxygen atoms in total. The summed E-state index contributed by atoms with van der Waals surface area (Å²) < 4.78 is 0. The second kappa shape index (κ2) is 7.63. The summed E-state index contributed by atoms with van der Waals surface area (Å²) in [6, 6.07) is 22.3. The van der Waals surface area contributed by atoms with E-state index >= 15 is 0 Å². The van der Waals surface area contributed by atoms with Gasteiger partial charge in [0.05, 0.1) is 16.8 Å². The second-order valence-electron chi connectivity index (χ2n) is 6.44. The molecule has 0 atom stereocenters. The molecule has 0 aliphatic rings. The molecule has 0 aliphatic carbocycles. The molecule has 5 heteroatoms. The van der Waals surface area contributed by atoms with E-state index in [1.165, 1.54) is 0 Å². The molecule has 0 spiro atoms. The number of aryl methyl sites for hydroxylation is 1. The number of aromatic nitrogens is 1. The maximum atomic E-state index is 13.2. The number of halogens is 2. The zero-order chi connectivity index (χ0) is 19.7. The summed E-state index contributed by atoms with van der Waals surface area (Å²) >= 11 is 12.2. The quantitative estimate of drug-likeness (QED) is 0.407. The smallest absolute Gasteiger partial charge is 0.258 e. The fourth-order valence-corrected chi connectivity index (χ4v) is 3.57. The third-order valence-corrected chi connectivity index (χ3v) is 5.01. The third kappa shape index (κ3) is 3.59. The van der Waals surface area contributed by atoms with Gasteiger partial charge in [-0.1, -0.05) is 53.5 Å². The normalized spacial score (nSPS) is 10.8. The van der Waals surface area contributed by atoms with Gasteiger partial charge < -0.3 is 5.32 Å². The largest absolute Gasteiger partial charge is 0.322 e. The van der Waals surface area contributed by atoms with Gasteiger partial charge in [-0.3, -0.25) is 9.78 Å². The number of nitrogens with zero attached hydrogens (tertiary/aromatic N) is 1. The highest BCUT2D eigenvalue weighted by Crippen LogP contribution is 2.34. The minimum absolute atomic E-state index is 0.229. The van der Waals surface area contributed by atoms with Gasteiger partial charge in [-0.05, 0) is 55.0 Å². The SMILES string of the molecule is Cc1nc2ccc(Cl)cc2c(-c2ccccc2)c1C(=O)Nc1ccc(Cl)cc1. The van der Waals surface area contributed by atoms with Crippen molar-refractivity contribution in [3.63, 3.8) is 0 Å². The highest BCUT2D eigenvalue weighted by molar-refractivity contribution is 6.31. The van der Waals surface area contributed by atoms with E-state index in [-0.39, 0.29) is 5.91 Å². The van der Waals surface area contributed by atoms with E-state index in [0.29, 0.717) is 27.0 Å². The average Bonchev–Trinajstić information content (AvgIpc) is 2.69. The topological polar surface area (TPSA) is 42.0 Å². The highest BCUT2D eigenvalue weighted by Gasteiger charge is 2.20. The van der Waals surface area contributed by atoms with Crippen molar-refractivity contribution >= 4 is 45.7 Å². The molecule has 0 radical (unpaired) electrons. The van der Waals surface area contributed by atoms with Gasteiger partial charge in [-0.15, -0.1) is 0 Å². The number of pyridine rings is 1. The monoisotopic (exact) mass is 406 g/mol. The van der Waals surface area contributed by atoms with Crippen molar-refractivity contribution < 1.29 is 4.79 Å². The van der Waals surface area contributed by atoms with E-state index in [9.17, 15) is 4.79 Å². The van der Waals surface area contributed by atoms with Crippen LogP contribution in [0, 0.1) is 6.92 Å². The van der Waals surface area contributed by atoms with Crippen LogP contribution < -0.4 is 5.32 Å². The van der Waals surface area contributed by atoms with Crippen molar-refractivity contribution in [2.24, 2.45) is 0 Å². The zero-order valence-electron chi connectivity index (χ0n) is 15.0. The standard InChI is InChI=1S/C23H16Cl2N2O/c1-14-21(23(28)27-18-10-7-16(24)8-11-18)22(15-5-3-2-4-6-15)19-13-17(25)9-12-20(19)26-14/h2-13H,1H3,(H,27,28). The van der Waals surface area contributed by atoms with E-state index in [1.807, 2.05) is 49.4 Å². The Morgan fingerprint density at radius 2 is 1.57 bits per heavy atom. The van der Waals surface area contributed by atoms with E-state index < -0.39 is 0 Å². The molecule has 1 aromatic heterocycles. The molecule has 4 aromatic rings. The van der Waals surface area contributed by atoms with Crippen LogP contribution in [0.15, 0.2) is 72.8 Å². The number of fused-ring (bicyclic) bond motifs is 1. The molecule has 3 aromatic carbocycles.